The van der Waals surface area contributed by atoms with Crippen LogP contribution in [-0.4, -0.2) is 32.3 Å². The van der Waals surface area contributed by atoms with Gasteiger partial charge < -0.3 is 10.1 Å². The first kappa shape index (κ1) is 19.8. The Labute approximate surface area is 184 Å². The van der Waals surface area contributed by atoms with E-state index >= 15 is 0 Å². The van der Waals surface area contributed by atoms with Gasteiger partial charge in [0, 0.05) is 23.3 Å². The van der Waals surface area contributed by atoms with Crippen LogP contribution in [0.5, 0.6) is 0 Å². The molecule has 4 aromatic rings. The van der Waals surface area contributed by atoms with Gasteiger partial charge in [-0.3, -0.25) is 9.78 Å². The van der Waals surface area contributed by atoms with Crippen LogP contribution in [0.2, 0.25) is 0 Å². The largest absolute Gasteiger partial charge is 0.375 e. The van der Waals surface area contributed by atoms with E-state index in [1.807, 2.05) is 37.4 Å². The molecule has 32 heavy (non-hydrogen) atoms. The number of nitriles is 1. The normalized spacial score (nSPS) is 15.2. The monoisotopic (exact) mass is 424 g/mol. The van der Waals surface area contributed by atoms with Crippen molar-refractivity contribution < 1.29 is 9.53 Å². The molecule has 0 saturated carbocycles. The smallest absolute Gasteiger partial charge is 0.251 e. The molecule has 0 aliphatic carbocycles. The molecular weight excluding hydrogens is 404 g/mol. The zero-order chi connectivity index (χ0) is 22.1. The second-order valence-electron chi connectivity index (χ2n) is 7.79. The molecule has 1 aliphatic rings. The zero-order valence-electron chi connectivity index (χ0n) is 17.4. The molecule has 0 fully saturated rings. The van der Waals surface area contributed by atoms with Crippen LogP contribution in [0.15, 0.2) is 55.0 Å². The van der Waals surface area contributed by atoms with Crippen molar-refractivity contribution in [3.8, 4) is 11.9 Å². The van der Waals surface area contributed by atoms with Crippen LogP contribution in [-0.2, 0) is 17.9 Å². The lowest BCUT2D eigenvalue weighted by atomic mass is 9.92. The van der Waals surface area contributed by atoms with Crippen LogP contribution in [0.1, 0.15) is 38.7 Å². The Morgan fingerprint density at radius 2 is 2.19 bits per heavy atom. The number of fused-ring (bicyclic) bond motifs is 2. The van der Waals surface area contributed by atoms with Gasteiger partial charge in [-0.2, -0.15) is 10.4 Å². The fourth-order valence-electron chi connectivity index (χ4n) is 3.76. The number of pyridine rings is 2. The third kappa shape index (κ3) is 3.82. The van der Waals surface area contributed by atoms with Crippen molar-refractivity contribution >= 4 is 16.8 Å². The summed E-state index contributed by atoms with van der Waals surface area (Å²) in [6, 6.07) is 13.3. The highest BCUT2D eigenvalue weighted by Gasteiger charge is 2.22. The summed E-state index contributed by atoms with van der Waals surface area (Å²) in [6.45, 7) is 3.06. The van der Waals surface area contributed by atoms with Gasteiger partial charge in [-0.15, -0.1) is 0 Å². The number of nitrogens with zero attached hydrogens (tertiary/aromatic N) is 5. The topological polar surface area (TPSA) is 106 Å². The van der Waals surface area contributed by atoms with E-state index in [0.29, 0.717) is 24.5 Å². The number of ether oxygens (including phenoxy) is 1. The Bertz CT molecular complexity index is 1370. The third-order valence-electron chi connectivity index (χ3n) is 5.47. The summed E-state index contributed by atoms with van der Waals surface area (Å²) in [6.07, 6.45) is 5.45. The minimum atomic E-state index is -0.354. The highest BCUT2D eigenvalue weighted by Crippen LogP contribution is 2.27. The average Bonchev–Trinajstić information content (AvgIpc) is 3.27. The highest BCUT2D eigenvalue weighted by molar-refractivity contribution is 5.94. The molecule has 3 aromatic heterocycles. The number of amides is 1. The molecule has 158 valence electrons. The number of nitrogens with one attached hydrogen (secondary N) is 1. The van der Waals surface area contributed by atoms with Gasteiger partial charge in [0.15, 0.2) is 5.82 Å². The number of carbonyl (C=O) groups excluding carboxylic acids is 1. The van der Waals surface area contributed by atoms with Crippen LogP contribution in [0.3, 0.4) is 0 Å². The Morgan fingerprint density at radius 1 is 1.28 bits per heavy atom. The number of carbonyl (C=O) groups is 1. The predicted molar refractivity (Wildman–Crippen MR) is 117 cm³/mol. The molecule has 0 radical (unpaired) electrons. The minimum Gasteiger partial charge on any atom is -0.375 e. The number of hydrogen-bond acceptors (Lipinski definition) is 6. The van der Waals surface area contributed by atoms with Gasteiger partial charge in [-0.25, -0.2) is 9.67 Å². The fraction of sp³-hybridized carbons (Fsp3) is 0.208. The molecule has 5 rings (SSSR count). The summed E-state index contributed by atoms with van der Waals surface area (Å²) >= 11 is 0. The summed E-state index contributed by atoms with van der Waals surface area (Å²) in [5.41, 5.74) is 4.86. The molecule has 1 aliphatic heterocycles. The predicted octanol–water partition coefficient (Wildman–Crippen LogP) is 3.19. The first-order chi connectivity index (χ1) is 15.6. The summed E-state index contributed by atoms with van der Waals surface area (Å²) in [5.74, 6) is 0.149. The van der Waals surface area contributed by atoms with Crippen molar-refractivity contribution in [2.24, 2.45) is 0 Å². The van der Waals surface area contributed by atoms with Gasteiger partial charge in [0.1, 0.15) is 0 Å². The van der Waals surface area contributed by atoms with E-state index in [1.54, 1.807) is 29.2 Å². The van der Waals surface area contributed by atoms with Crippen molar-refractivity contribution in [3.05, 3.63) is 82.9 Å². The Kier molecular flexibility index (Phi) is 5.09. The lowest BCUT2D eigenvalue weighted by Gasteiger charge is -2.21. The first-order valence-corrected chi connectivity index (χ1v) is 10.3. The molecular formula is C24H20N6O2. The molecule has 0 unspecified atom stereocenters. The van der Waals surface area contributed by atoms with Gasteiger partial charge in [-0.1, -0.05) is 6.07 Å². The maximum atomic E-state index is 12.7. The van der Waals surface area contributed by atoms with E-state index in [4.69, 9.17) is 4.74 Å². The fourth-order valence-corrected chi connectivity index (χ4v) is 3.76. The van der Waals surface area contributed by atoms with Crippen molar-refractivity contribution in [2.45, 2.75) is 26.0 Å². The van der Waals surface area contributed by atoms with Crippen molar-refractivity contribution in [3.63, 3.8) is 0 Å². The van der Waals surface area contributed by atoms with Gasteiger partial charge in [0.2, 0.25) is 0 Å². The molecule has 4 heterocycles. The molecule has 0 spiro atoms. The molecule has 8 heteroatoms. The number of aryl methyl sites for hydroxylation is 1. The number of rotatable bonds is 4. The lowest BCUT2D eigenvalue weighted by Crippen LogP contribution is -2.24. The second kappa shape index (κ2) is 8.21. The number of hydrogen-bond donors (Lipinski definition) is 1. The first-order valence-electron chi connectivity index (χ1n) is 10.3. The standard InChI is InChI=1S/C24H20N6O2/c1-15-9-28-30(12-15)23-5-4-17-10-26-20(7-22(17)29-23)11-27-24(31)16-2-3-18-13-32-14-19(8-25)21(18)6-16/h2-7,9-10,12,19H,11,13-14H2,1H3,(H,27,31)/t19-/m1/s1. The van der Waals surface area contributed by atoms with E-state index in [9.17, 15) is 10.1 Å². The average molecular weight is 424 g/mol. The van der Waals surface area contributed by atoms with Crippen LogP contribution in [0.4, 0.5) is 0 Å². The summed E-state index contributed by atoms with van der Waals surface area (Å²) in [5, 5.41) is 17.5. The van der Waals surface area contributed by atoms with E-state index < -0.39 is 0 Å². The maximum Gasteiger partial charge on any atom is 0.251 e. The van der Waals surface area contributed by atoms with E-state index in [-0.39, 0.29) is 18.4 Å². The minimum absolute atomic E-state index is 0.216. The van der Waals surface area contributed by atoms with Gasteiger partial charge >= 0.3 is 0 Å². The Balaban J connectivity index is 1.33. The van der Waals surface area contributed by atoms with Crippen LogP contribution in [0, 0.1) is 18.3 Å². The van der Waals surface area contributed by atoms with E-state index in [1.165, 1.54) is 0 Å². The quantitative estimate of drug-likeness (QED) is 0.539. The van der Waals surface area contributed by atoms with E-state index in [2.05, 4.69) is 26.5 Å². The molecule has 8 nitrogen and oxygen atoms in total. The van der Waals surface area contributed by atoms with Crippen LogP contribution < -0.4 is 5.32 Å². The third-order valence-corrected chi connectivity index (χ3v) is 5.47. The summed E-state index contributed by atoms with van der Waals surface area (Å²) < 4.78 is 7.16. The zero-order valence-corrected chi connectivity index (χ0v) is 17.4. The highest BCUT2D eigenvalue weighted by atomic mass is 16.5. The van der Waals surface area contributed by atoms with Crippen LogP contribution in [0.25, 0.3) is 16.7 Å². The van der Waals surface area contributed by atoms with Crippen molar-refractivity contribution in [2.75, 3.05) is 6.61 Å². The summed E-state index contributed by atoms with van der Waals surface area (Å²) in [4.78, 5) is 21.8. The molecule has 1 aromatic carbocycles. The molecule has 0 bridgehead atoms. The number of aromatic nitrogens is 4. The Morgan fingerprint density at radius 3 is 3.00 bits per heavy atom. The van der Waals surface area contributed by atoms with Crippen molar-refractivity contribution in [1.82, 2.24) is 25.1 Å². The molecule has 1 atom stereocenters. The lowest BCUT2D eigenvalue weighted by molar-refractivity contribution is 0.0945. The molecule has 0 saturated heterocycles. The Hall–Kier alpha value is -4.09. The second-order valence-corrected chi connectivity index (χ2v) is 7.79. The van der Waals surface area contributed by atoms with Crippen LogP contribution >= 0.6 is 0 Å². The van der Waals surface area contributed by atoms with E-state index in [0.717, 1.165) is 33.4 Å². The number of benzene rings is 1. The van der Waals surface area contributed by atoms with Gasteiger partial charge in [0.05, 0.1) is 49.2 Å². The SMILES string of the molecule is Cc1cnn(-c2ccc3cnc(CNC(=O)c4ccc5c(c4)[C@H](C#N)COC5)cc3n2)c1. The van der Waals surface area contributed by atoms with Crippen molar-refractivity contribution in [1.29, 1.82) is 5.26 Å². The molecule has 1 N–H and O–H groups in total. The van der Waals surface area contributed by atoms with Gasteiger partial charge in [-0.05, 0) is 53.9 Å². The van der Waals surface area contributed by atoms with Gasteiger partial charge in [0.25, 0.3) is 5.91 Å². The summed E-state index contributed by atoms with van der Waals surface area (Å²) in [7, 11) is 0. The molecule has 1 amide bonds. The maximum absolute atomic E-state index is 12.7.